The molecule has 0 saturated heterocycles. The Hall–Kier alpha value is -1.44. The van der Waals surface area contributed by atoms with Crippen LogP contribution in [0.15, 0.2) is 42.7 Å². The van der Waals surface area contributed by atoms with Crippen molar-refractivity contribution < 1.29 is 0 Å². The summed E-state index contributed by atoms with van der Waals surface area (Å²) in [6, 6.07) is 11.1. The van der Waals surface area contributed by atoms with Crippen LogP contribution in [0.3, 0.4) is 0 Å². The Morgan fingerprint density at radius 1 is 1.10 bits per heavy atom. The highest BCUT2D eigenvalue weighted by molar-refractivity contribution is 5.16. The number of benzene rings is 1. The standard InChI is InChI=1S/C18H30N2/c1-5-13-20(14-6-2)16(4)19-18(7-3)15-17-11-9-8-10-12-17/h8-12,18-19H,4-7,13-15H2,1-3H3. The van der Waals surface area contributed by atoms with Gasteiger partial charge in [-0.05, 0) is 31.2 Å². The van der Waals surface area contributed by atoms with E-state index in [2.05, 4.69) is 67.9 Å². The quantitative estimate of drug-likeness (QED) is 0.688. The normalized spacial score (nSPS) is 11.9. The largest absolute Gasteiger partial charge is 0.369 e. The maximum absolute atomic E-state index is 4.24. The molecule has 0 bridgehead atoms. The van der Waals surface area contributed by atoms with Gasteiger partial charge in [0.05, 0.1) is 5.82 Å². The van der Waals surface area contributed by atoms with Crippen molar-refractivity contribution in [3.05, 3.63) is 48.3 Å². The summed E-state index contributed by atoms with van der Waals surface area (Å²) in [5, 5.41) is 3.62. The maximum Gasteiger partial charge on any atom is 0.0940 e. The van der Waals surface area contributed by atoms with E-state index in [4.69, 9.17) is 0 Å². The number of hydrogen-bond donors (Lipinski definition) is 1. The molecule has 112 valence electrons. The van der Waals surface area contributed by atoms with E-state index in [1.54, 1.807) is 0 Å². The van der Waals surface area contributed by atoms with Crippen molar-refractivity contribution in [3.63, 3.8) is 0 Å². The van der Waals surface area contributed by atoms with Crippen LogP contribution < -0.4 is 5.32 Å². The van der Waals surface area contributed by atoms with Gasteiger partial charge in [0.25, 0.3) is 0 Å². The predicted molar refractivity (Wildman–Crippen MR) is 88.7 cm³/mol. The predicted octanol–water partition coefficient (Wildman–Crippen LogP) is 4.19. The van der Waals surface area contributed by atoms with E-state index in [1.165, 1.54) is 5.56 Å². The molecule has 1 aromatic rings. The first-order valence-corrected chi connectivity index (χ1v) is 7.95. The van der Waals surface area contributed by atoms with Crippen LogP contribution in [0.4, 0.5) is 0 Å². The van der Waals surface area contributed by atoms with Gasteiger partial charge in [0.15, 0.2) is 0 Å². The van der Waals surface area contributed by atoms with Gasteiger partial charge in [0, 0.05) is 19.1 Å². The fourth-order valence-corrected chi connectivity index (χ4v) is 2.44. The van der Waals surface area contributed by atoms with Crippen molar-refractivity contribution in [2.24, 2.45) is 0 Å². The van der Waals surface area contributed by atoms with Crippen molar-refractivity contribution in [2.45, 2.75) is 52.5 Å². The topological polar surface area (TPSA) is 15.3 Å². The van der Waals surface area contributed by atoms with Gasteiger partial charge in [-0.3, -0.25) is 0 Å². The average molecular weight is 274 g/mol. The van der Waals surface area contributed by atoms with Crippen LogP contribution in [0, 0.1) is 0 Å². The number of nitrogens with one attached hydrogen (secondary N) is 1. The first-order valence-electron chi connectivity index (χ1n) is 7.95. The third-order valence-corrected chi connectivity index (χ3v) is 3.56. The second kappa shape index (κ2) is 9.46. The third kappa shape index (κ3) is 5.68. The highest BCUT2D eigenvalue weighted by atomic mass is 15.2. The Labute approximate surface area is 124 Å². The van der Waals surface area contributed by atoms with Crippen LogP contribution in [0.5, 0.6) is 0 Å². The van der Waals surface area contributed by atoms with Crippen LogP contribution >= 0.6 is 0 Å². The monoisotopic (exact) mass is 274 g/mol. The van der Waals surface area contributed by atoms with Gasteiger partial charge in [-0.25, -0.2) is 0 Å². The van der Waals surface area contributed by atoms with Gasteiger partial charge in [0.2, 0.25) is 0 Å². The fourth-order valence-electron chi connectivity index (χ4n) is 2.44. The first-order chi connectivity index (χ1) is 9.71. The summed E-state index contributed by atoms with van der Waals surface area (Å²) in [5.74, 6) is 1.08. The lowest BCUT2D eigenvalue weighted by Crippen LogP contribution is -2.38. The van der Waals surface area contributed by atoms with Crippen molar-refractivity contribution in [2.75, 3.05) is 13.1 Å². The SMILES string of the molecule is C=C(NC(CC)Cc1ccccc1)N(CCC)CCC. The smallest absolute Gasteiger partial charge is 0.0940 e. The molecule has 0 amide bonds. The first kappa shape index (κ1) is 16.6. The molecule has 2 nitrogen and oxygen atoms in total. The summed E-state index contributed by atoms with van der Waals surface area (Å²) in [6.07, 6.45) is 4.49. The van der Waals surface area contributed by atoms with Gasteiger partial charge in [-0.15, -0.1) is 0 Å². The Morgan fingerprint density at radius 3 is 2.20 bits per heavy atom. The molecule has 0 fully saturated rings. The molecule has 20 heavy (non-hydrogen) atoms. The molecule has 0 aliphatic carbocycles. The lowest BCUT2D eigenvalue weighted by atomic mass is 10.0. The minimum Gasteiger partial charge on any atom is -0.369 e. The van der Waals surface area contributed by atoms with Gasteiger partial charge in [-0.1, -0.05) is 57.7 Å². The van der Waals surface area contributed by atoms with Gasteiger partial charge >= 0.3 is 0 Å². The minimum atomic E-state index is 0.459. The van der Waals surface area contributed by atoms with E-state index in [0.717, 1.165) is 44.6 Å². The summed E-state index contributed by atoms with van der Waals surface area (Å²) in [5.41, 5.74) is 1.39. The Kier molecular flexibility index (Phi) is 7.86. The number of hydrogen-bond acceptors (Lipinski definition) is 2. The molecule has 0 radical (unpaired) electrons. The van der Waals surface area contributed by atoms with Crippen molar-refractivity contribution in [1.82, 2.24) is 10.2 Å². The molecular formula is C18H30N2. The summed E-state index contributed by atoms with van der Waals surface area (Å²) >= 11 is 0. The highest BCUT2D eigenvalue weighted by Crippen LogP contribution is 2.09. The molecule has 0 saturated carbocycles. The van der Waals surface area contributed by atoms with E-state index < -0.39 is 0 Å². The van der Waals surface area contributed by atoms with E-state index >= 15 is 0 Å². The molecule has 0 aliphatic heterocycles. The zero-order valence-electron chi connectivity index (χ0n) is 13.4. The summed E-state index contributed by atoms with van der Waals surface area (Å²) < 4.78 is 0. The average Bonchev–Trinajstić information content (AvgIpc) is 2.47. The van der Waals surface area contributed by atoms with E-state index in [-0.39, 0.29) is 0 Å². The second-order valence-electron chi connectivity index (χ2n) is 5.37. The van der Waals surface area contributed by atoms with Crippen molar-refractivity contribution in [1.29, 1.82) is 0 Å². The molecule has 1 aromatic carbocycles. The van der Waals surface area contributed by atoms with E-state index in [9.17, 15) is 0 Å². The Bertz CT molecular complexity index is 366. The van der Waals surface area contributed by atoms with Gasteiger partial charge in [0.1, 0.15) is 0 Å². The van der Waals surface area contributed by atoms with E-state index in [0.29, 0.717) is 6.04 Å². The van der Waals surface area contributed by atoms with E-state index in [1.807, 2.05) is 0 Å². The molecule has 1 N–H and O–H groups in total. The van der Waals surface area contributed by atoms with Gasteiger partial charge < -0.3 is 10.2 Å². The van der Waals surface area contributed by atoms with Gasteiger partial charge in [-0.2, -0.15) is 0 Å². The fraction of sp³-hybridized carbons (Fsp3) is 0.556. The molecule has 0 heterocycles. The third-order valence-electron chi connectivity index (χ3n) is 3.56. The summed E-state index contributed by atoms with van der Waals surface area (Å²) in [4.78, 5) is 2.37. The minimum absolute atomic E-state index is 0.459. The maximum atomic E-state index is 4.24. The zero-order chi connectivity index (χ0) is 14.8. The van der Waals surface area contributed by atoms with Crippen LogP contribution in [0.2, 0.25) is 0 Å². The van der Waals surface area contributed by atoms with Crippen LogP contribution in [-0.2, 0) is 6.42 Å². The Morgan fingerprint density at radius 2 is 1.70 bits per heavy atom. The molecule has 1 atom stereocenters. The lowest BCUT2D eigenvalue weighted by Gasteiger charge is -2.30. The molecule has 2 heteroatoms. The van der Waals surface area contributed by atoms with Crippen molar-refractivity contribution in [3.8, 4) is 0 Å². The second-order valence-corrected chi connectivity index (χ2v) is 5.37. The van der Waals surface area contributed by atoms with Crippen LogP contribution in [0.25, 0.3) is 0 Å². The van der Waals surface area contributed by atoms with Crippen LogP contribution in [-0.4, -0.2) is 24.0 Å². The molecule has 1 unspecified atom stereocenters. The highest BCUT2D eigenvalue weighted by Gasteiger charge is 2.11. The molecule has 0 spiro atoms. The van der Waals surface area contributed by atoms with Crippen LogP contribution in [0.1, 0.15) is 45.6 Å². The molecule has 0 aliphatic rings. The number of rotatable bonds is 10. The zero-order valence-corrected chi connectivity index (χ0v) is 13.4. The molecule has 0 aromatic heterocycles. The van der Waals surface area contributed by atoms with Crippen molar-refractivity contribution >= 4 is 0 Å². The molecule has 1 rings (SSSR count). The Balaban J connectivity index is 2.55. The summed E-state index contributed by atoms with van der Waals surface area (Å²) in [6.45, 7) is 13.1. The summed E-state index contributed by atoms with van der Waals surface area (Å²) in [7, 11) is 0. The molecular weight excluding hydrogens is 244 g/mol. The lowest BCUT2D eigenvalue weighted by molar-refractivity contribution is 0.306. The number of nitrogens with zero attached hydrogens (tertiary/aromatic N) is 1.